The fourth-order valence-corrected chi connectivity index (χ4v) is 3.00. The number of nitrogens with zero attached hydrogens (tertiary/aromatic N) is 1. The fourth-order valence-electron chi connectivity index (χ4n) is 3.00. The van der Waals surface area contributed by atoms with Crippen LogP contribution in [0.15, 0.2) is 0 Å². The van der Waals surface area contributed by atoms with E-state index in [-0.39, 0.29) is 5.41 Å². The summed E-state index contributed by atoms with van der Waals surface area (Å²) in [6.07, 6.45) is 3.61. The van der Waals surface area contributed by atoms with Crippen LogP contribution < -0.4 is 5.32 Å². The first kappa shape index (κ1) is 18.9. The van der Waals surface area contributed by atoms with E-state index in [1.807, 2.05) is 0 Å². The molecular formula is C17H36N2O2. The largest absolute Gasteiger partial charge is 0.383 e. The number of hydrogen-bond donors (Lipinski definition) is 1. The number of hydrogen-bond acceptors (Lipinski definition) is 4. The molecule has 1 N–H and O–H groups in total. The zero-order valence-corrected chi connectivity index (χ0v) is 14.8. The fraction of sp³-hybridized carbons (Fsp3) is 1.00. The van der Waals surface area contributed by atoms with Crippen molar-refractivity contribution in [3.8, 4) is 0 Å². The Kier molecular flexibility index (Phi) is 8.79. The van der Waals surface area contributed by atoms with Crippen molar-refractivity contribution in [3.05, 3.63) is 0 Å². The Bertz CT molecular complexity index is 266. The first-order valence-electron chi connectivity index (χ1n) is 8.57. The molecule has 1 aliphatic rings. The smallest absolute Gasteiger partial charge is 0.0589 e. The van der Waals surface area contributed by atoms with Crippen LogP contribution in [0.4, 0.5) is 0 Å². The Balaban J connectivity index is 2.70. The second kappa shape index (κ2) is 9.78. The highest BCUT2D eigenvalue weighted by molar-refractivity contribution is 4.89. The van der Waals surface area contributed by atoms with Gasteiger partial charge in [-0.15, -0.1) is 0 Å². The molecule has 4 heteroatoms. The van der Waals surface area contributed by atoms with Gasteiger partial charge in [0.2, 0.25) is 0 Å². The molecule has 0 aliphatic carbocycles. The molecule has 0 aromatic rings. The second-order valence-electron chi connectivity index (χ2n) is 6.91. The summed E-state index contributed by atoms with van der Waals surface area (Å²) < 4.78 is 11.1. The van der Waals surface area contributed by atoms with Gasteiger partial charge in [-0.25, -0.2) is 0 Å². The first-order valence-corrected chi connectivity index (χ1v) is 8.57. The van der Waals surface area contributed by atoms with Gasteiger partial charge in [-0.05, 0) is 26.2 Å². The number of ether oxygens (including phenoxy) is 2. The third-order valence-electron chi connectivity index (χ3n) is 4.62. The molecule has 4 nitrogen and oxygen atoms in total. The Morgan fingerprint density at radius 1 is 1.33 bits per heavy atom. The van der Waals surface area contributed by atoms with Gasteiger partial charge < -0.3 is 14.8 Å². The molecule has 1 saturated heterocycles. The summed E-state index contributed by atoms with van der Waals surface area (Å²) in [5, 5.41) is 3.64. The lowest BCUT2D eigenvalue weighted by Crippen LogP contribution is -2.52. The monoisotopic (exact) mass is 300 g/mol. The van der Waals surface area contributed by atoms with Crippen molar-refractivity contribution < 1.29 is 9.47 Å². The van der Waals surface area contributed by atoms with Crippen molar-refractivity contribution in [2.45, 2.75) is 59.0 Å². The predicted molar refractivity (Wildman–Crippen MR) is 88.8 cm³/mol. The molecular weight excluding hydrogens is 264 g/mol. The van der Waals surface area contributed by atoms with Crippen molar-refractivity contribution in [2.24, 2.45) is 5.41 Å². The Morgan fingerprint density at radius 2 is 2.10 bits per heavy atom. The van der Waals surface area contributed by atoms with Crippen molar-refractivity contribution in [2.75, 3.05) is 46.6 Å². The maximum atomic E-state index is 5.84. The summed E-state index contributed by atoms with van der Waals surface area (Å²) in [7, 11) is 1.79. The van der Waals surface area contributed by atoms with Gasteiger partial charge >= 0.3 is 0 Å². The minimum atomic E-state index is 0.250. The van der Waals surface area contributed by atoms with E-state index in [1.165, 1.54) is 19.3 Å². The molecule has 0 bridgehead atoms. The summed E-state index contributed by atoms with van der Waals surface area (Å²) in [4.78, 5) is 2.58. The SMILES string of the molecule is CCC(C)N(CCOC)CC1(CNC(C)C)CCCOC1. The molecule has 0 saturated carbocycles. The summed E-state index contributed by atoms with van der Waals surface area (Å²) in [5.41, 5.74) is 0.250. The summed E-state index contributed by atoms with van der Waals surface area (Å²) in [6, 6.07) is 1.12. The molecule has 2 atom stereocenters. The number of rotatable bonds is 10. The lowest BCUT2D eigenvalue weighted by Gasteiger charge is -2.43. The molecule has 21 heavy (non-hydrogen) atoms. The normalized spacial score (nSPS) is 24.7. The third kappa shape index (κ3) is 6.64. The van der Waals surface area contributed by atoms with E-state index >= 15 is 0 Å². The second-order valence-corrected chi connectivity index (χ2v) is 6.91. The summed E-state index contributed by atoms with van der Waals surface area (Å²) in [6.45, 7) is 14.8. The van der Waals surface area contributed by atoms with Crippen LogP contribution in [-0.2, 0) is 9.47 Å². The maximum absolute atomic E-state index is 5.84. The van der Waals surface area contributed by atoms with E-state index in [2.05, 4.69) is 37.9 Å². The van der Waals surface area contributed by atoms with E-state index in [0.717, 1.165) is 39.5 Å². The molecule has 0 aromatic heterocycles. The molecule has 0 radical (unpaired) electrons. The number of nitrogens with one attached hydrogen (secondary N) is 1. The molecule has 126 valence electrons. The van der Waals surface area contributed by atoms with Crippen molar-refractivity contribution in [3.63, 3.8) is 0 Å². The van der Waals surface area contributed by atoms with Gasteiger partial charge in [0.25, 0.3) is 0 Å². The zero-order valence-electron chi connectivity index (χ0n) is 14.8. The Morgan fingerprint density at radius 3 is 2.62 bits per heavy atom. The summed E-state index contributed by atoms with van der Waals surface area (Å²) >= 11 is 0. The van der Waals surface area contributed by atoms with Gasteiger partial charge in [0.05, 0.1) is 13.2 Å². The lowest BCUT2D eigenvalue weighted by atomic mass is 9.81. The van der Waals surface area contributed by atoms with Crippen LogP contribution in [0.5, 0.6) is 0 Å². The first-order chi connectivity index (χ1) is 10.0. The molecule has 1 fully saturated rings. The molecule has 0 aromatic carbocycles. The standard InChI is InChI=1S/C17H36N2O2/c1-6-16(4)19(9-11-20-5)13-17(12-18-15(2)3)8-7-10-21-14-17/h15-16,18H,6-14H2,1-5H3. The highest BCUT2D eigenvalue weighted by atomic mass is 16.5. The Hall–Kier alpha value is -0.160. The molecule has 0 spiro atoms. The zero-order chi connectivity index (χ0) is 15.7. The van der Waals surface area contributed by atoms with E-state index in [9.17, 15) is 0 Å². The van der Waals surface area contributed by atoms with Gasteiger partial charge in [0.15, 0.2) is 0 Å². The highest BCUT2D eigenvalue weighted by Crippen LogP contribution is 2.30. The minimum Gasteiger partial charge on any atom is -0.383 e. The van der Waals surface area contributed by atoms with Crippen molar-refractivity contribution >= 4 is 0 Å². The van der Waals surface area contributed by atoms with E-state index in [0.29, 0.717) is 12.1 Å². The maximum Gasteiger partial charge on any atom is 0.0589 e. The van der Waals surface area contributed by atoms with E-state index in [1.54, 1.807) is 7.11 Å². The van der Waals surface area contributed by atoms with Gasteiger partial charge in [-0.1, -0.05) is 20.8 Å². The van der Waals surface area contributed by atoms with Crippen LogP contribution in [0.2, 0.25) is 0 Å². The minimum absolute atomic E-state index is 0.250. The van der Waals surface area contributed by atoms with Crippen LogP contribution in [0.1, 0.15) is 47.0 Å². The molecule has 1 aliphatic heterocycles. The van der Waals surface area contributed by atoms with Gasteiger partial charge in [0.1, 0.15) is 0 Å². The average molecular weight is 300 g/mol. The van der Waals surface area contributed by atoms with Crippen LogP contribution in [-0.4, -0.2) is 63.5 Å². The highest BCUT2D eigenvalue weighted by Gasteiger charge is 2.35. The molecule has 1 rings (SSSR count). The molecule has 1 heterocycles. The van der Waals surface area contributed by atoms with Gasteiger partial charge in [0, 0.05) is 50.8 Å². The van der Waals surface area contributed by atoms with Crippen molar-refractivity contribution in [1.29, 1.82) is 0 Å². The van der Waals surface area contributed by atoms with Gasteiger partial charge in [-0.2, -0.15) is 0 Å². The quantitative estimate of drug-likeness (QED) is 0.672. The van der Waals surface area contributed by atoms with E-state index < -0.39 is 0 Å². The topological polar surface area (TPSA) is 33.7 Å². The average Bonchev–Trinajstić information content (AvgIpc) is 2.49. The lowest BCUT2D eigenvalue weighted by molar-refractivity contribution is -0.0362. The van der Waals surface area contributed by atoms with Crippen LogP contribution in [0, 0.1) is 5.41 Å². The molecule has 0 amide bonds. The van der Waals surface area contributed by atoms with Crippen LogP contribution in [0.25, 0.3) is 0 Å². The van der Waals surface area contributed by atoms with Crippen LogP contribution >= 0.6 is 0 Å². The number of methoxy groups -OCH3 is 1. The van der Waals surface area contributed by atoms with Gasteiger partial charge in [-0.3, -0.25) is 4.90 Å². The van der Waals surface area contributed by atoms with Crippen LogP contribution in [0.3, 0.4) is 0 Å². The third-order valence-corrected chi connectivity index (χ3v) is 4.62. The predicted octanol–water partition coefficient (Wildman–Crippen LogP) is 2.53. The summed E-state index contributed by atoms with van der Waals surface area (Å²) in [5.74, 6) is 0. The van der Waals surface area contributed by atoms with Crippen molar-refractivity contribution in [1.82, 2.24) is 10.2 Å². The Labute approximate surface area is 131 Å². The van der Waals surface area contributed by atoms with E-state index in [4.69, 9.17) is 9.47 Å². The molecule has 2 unspecified atom stereocenters.